The number of β-amino-alcohol motifs (C(OH)–C–C–N with tert-alkyl or cyclic N) is 1. The summed E-state index contributed by atoms with van der Waals surface area (Å²) >= 11 is 0. The van der Waals surface area contributed by atoms with Gasteiger partial charge in [0.25, 0.3) is 0 Å². The topological polar surface area (TPSA) is 23.5 Å². The fourth-order valence-electron chi connectivity index (χ4n) is 1.92. The first-order valence-electron chi connectivity index (χ1n) is 5.29. The highest BCUT2D eigenvalue weighted by Crippen LogP contribution is 2.36. The molecule has 18 heavy (non-hydrogen) atoms. The molecule has 0 saturated carbocycles. The summed E-state index contributed by atoms with van der Waals surface area (Å²) in [5.41, 5.74) is -2.12. The maximum Gasteiger partial charge on any atom is 0.200 e. The summed E-state index contributed by atoms with van der Waals surface area (Å²) in [6, 6.07) is 0. The third kappa shape index (κ3) is 1.73. The average molecular weight is 267 g/mol. The average Bonchev–Trinajstić information content (AvgIpc) is 2.31. The molecular formula is C11H10F5NO. The summed E-state index contributed by atoms with van der Waals surface area (Å²) in [5.74, 6) is -9.87. The van der Waals surface area contributed by atoms with E-state index in [1.807, 2.05) is 0 Å². The van der Waals surface area contributed by atoms with Crippen molar-refractivity contribution in [1.82, 2.24) is 0 Å². The molecule has 100 valence electrons. The molecule has 0 radical (unpaired) electrons. The highest BCUT2D eigenvalue weighted by molar-refractivity contribution is 5.54. The van der Waals surface area contributed by atoms with E-state index in [0.717, 1.165) is 4.90 Å². The van der Waals surface area contributed by atoms with Gasteiger partial charge in [0.05, 0.1) is 5.60 Å². The van der Waals surface area contributed by atoms with E-state index < -0.39 is 40.4 Å². The highest BCUT2D eigenvalue weighted by Gasteiger charge is 2.43. The van der Waals surface area contributed by atoms with E-state index in [4.69, 9.17) is 0 Å². The van der Waals surface area contributed by atoms with E-state index >= 15 is 0 Å². The summed E-state index contributed by atoms with van der Waals surface area (Å²) in [5, 5.41) is 9.68. The van der Waals surface area contributed by atoms with Gasteiger partial charge in [0, 0.05) is 13.1 Å². The quantitative estimate of drug-likeness (QED) is 0.505. The lowest BCUT2D eigenvalue weighted by Crippen LogP contribution is -2.62. The molecule has 0 aliphatic carbocycles. The maximum absolute atomic E-state index is 13.4. The van der Waals surface area contributed by atoms with Crippen LogP contribution < -0.4 is 4.90 Å². The van der Waals surface area contributed by atoms with E-state index in [9.17, 15) is 27.1 Å². The number of nitrogens with zero attached hydrogens (tertiary/aromatic N) is 1. The highest BCUT2D eigenvalue weighted by atomic mass is 19.2. The zero-order chi connectivity index (χ0) is 13.7. The van der Waals surface area contributed by atoms with Crippen molar-refractivity contribution >= 4 is 5.69 Å². The summed E-state index contributed by atoms with van der Waals surface area (Å²) < 4.78 is 65.5. The van der Waals surface area contributed by atoms with Crippen molar-refractivity contribution in [3.8, 4) is 0 Å². The van der Waals surface area contributed by atoms with Crippen LogP contribution in [0.3, 0.4) is 0 Å². The first-order valence-corrected chi connectivity index (χ1v) is 5.29. The fraction of sp³-hybridized carbons (Fsp3) is 0.455. The lowest BCUT2D eigenvalue weighted by Gasteiger charge is -2.47. The molecule has 1 aliphatic rings. The Kier molecular flexibility index (Phi) is 2.96. The monoisotopic (exact) mass is 267 g/mol. The first-order chi connectivity index (χ1) is 8.30. The zero-order valence-electron chi connectivity index (χ0n) is 9.41. The number of benzene rings is 1. The van der Waals surface area contributed by atoms with Crippen molar-refractivity contribution in [2.24, 2.45) is 0 Å². The second kappa shape index (κ2) is 4.08. The molecule has 1 aromatic carbocycles. The van der Waals surface area contributed by atoms with Gasteiger partial charge in [-0.3, -0.25) is 0 Å². The summed E-state index contributed by atoms with van der Waals surface area (Å²) in [6.45, 7) is 1.33. The Labute approximate surface area is 99.6 Å². The van der Waals surface area contributed by atoms with E-state index in [1.54, 1.807) is 6.92 Å². The Morgan fingerprint density at radius 2 is 1.33 bits per heavy atom. The van der Waals surface area contributed by atoms with E-state index in [2.05, 4.69) is 0 Å². The number of hydrogen-bond acceptors (Lipinski definition) is 2. The molecule has 1 aliphatic heterocycles. The number of rotatable bonds is 2. The minimum atomic E-state index is -2.18. The molecule has 0 atom stereocenters. The van der Waals surface area contributed by atoms with Crippen LogP contribution in [0.25, 0.3) is 0 Å². The second-order valence-corrected chi connectivity index (χ2v) is 4.35. The van der Waals surface area contributed by atoms with Crippen LogP contribution in [-0.4, -0.2) is 23.8 Å². The molecule has 0 spiro atoms. The molecule has 0 amide bonds. The van der Waals surface area contributed by atoms with Crippen LogP contribution in [0.15, 0.2) is 0 Å². The van der Waals surface area contributed by atoms with Crippen molar-refractivity contribution < 1.29 is 27.1 Å². The lowest BCUT2D eigenvalue weighted by molar-refractivity contribution is 0.00760. The Morgan fingerprint density at radius 1 is 0.944 bits per heavy atom. The number of hydrogen-bond donors (Lipinski definition) is 1. The van der Waals surface area contributed by atoms with Crippen LogP contribution in [0.5, 0.6) is 0 Å². The van der Waals surface area contributed by atoms with Gasteiger partial charge in [0.15, 0.2) is 23.3 Å². The molecule has 0 aromatic heterocycles. The normalized spacial score (nSPS) is 17.8. The first kappa shape index (κ1) is 13.1. The number of anilines is 1. The fourth-order valence-corrected chi connectivity index (χ4v) is 1.92. The third-order valence-corrected chi connectivity index (χ3v) is 3.13. The van der Waals surface area contributed by atoms with Crippen molar-refractivity contribution in [2.75, 3.05) is 18.0 Å². The van der Waals surface area contributed by atoms with Gasteiger partial charge in [-0.1, -0.05) is 6.92 Å². The Morgan fingerprint density at radius 3 is 1.72 bits per heavy atom. The second-order valence-electron chi connectivity index (χ2n) is 4.35. The van der Waals surface area contributed by atoms with Crippen molar-refractivity contribution in [3.63, 3.8) is 0 Å². The van der Waals surface area contributed by atoms with Crippen molar-refractivity contribution in [3.05, 3.63) is 29.1 Å². The van der Waals surface area contributed by atoms with Crippen molar-refractivity contribution in [1.29, 1.82) is 0 Å². The van der Waals surface area contributed by atoms with Crippen LogP contribution in [0.2, 0.25) is 0 Å². The lowest BCUT2D eigenvalue weighted by atomic mass is 9.90. The summed E-state index contributed by atoms with van der Waals surface area (Å²) in [4.78, 5) is 0.930. The standard InChI is InChI=1S/C11H10F5NO/c1-2-11(18)3-17(4-11)10-8(15)6(13)5(12)7(14)9(10)16/h18H,2-4H2,1H3. The van der Waals surface area contributed by atoms with E-state index in [-0.39, 0.29) is 13.1 Å². The molecule has 1 heterocycles. The smallest absolute Gasteiger partial charge is 0.200 e. The molecule has 1 N–H and O–H groups in total. The van der Waals surface area contributed by atoms with Gasteiger partial charge in [0.2, 0.25) is 5.82 Å². The van der Waals surface area contributed by atoms with Gasteiger partial charge in [-0.25, -0.2) is 22.0 Å². The van der Waals surface area contributed by atoms with E-state index in [1.165, 1.54) is 0 Å². The van der Waals surface area contributed by atoms with Crippen LogP contribution in [0, 0.1) is 29.1 Å². The Balaban J connectivity index is 2.42. The van der Waals surface area contributed by atoms with E-state index in [0.29, 0.717) is 6.42 Å². The maximum atomic E-state index is 13.4. The minimum Gasteiger partial charge on any atom is -0.386 e. The van der Waals surface area contributed by atoms with Gasteiger partial charge >= 0.3 is 0 Å². The van der Waals surface area contributed by atoms with Crippen LogP contribution in [-0.2, 0) is 0 Å². The Hall–Kier alpha value is -1.37. The largest absolute Gasteiger partial charge is 0.386 e. The molecule has 1 aromatic rings. The van der Waals surface area contributed by atoms with Crippen LogP contribution in [0.4, 0.5) is 27.6 Å². The number of aliphatic hydroxyl groups is 1. The molecule has 2 nitrogen and oxygen atoms in total. The minimum absolute atomic E-state index is 0.165. The van der Waals surface area contributed by atoms with Gasteiger partial charge < -0.3 is 10.0 Å². The van der Waals surface area contributed by atoms with Gasteiger partial charge in [-0.05, 0) is 6.42 Å². The van der Waals surface area contributed by atoms with Gasteiger partial charge in [-0.2, -0.15) is 0 Å². The summed E-state index contributed by atoms with van der Waals surface area (Å²) in [6.07, 6.45) is 0.332. The molecule has 7 heteroatoms. The molecule has 0 bridgehead atoms. The Bertz CT molecular complexity index is 470. The molecule has 0 unspecified atom stereocenters. The predicted octanol–water partition coefficient (Wildman–Crippen LogP) is 2.34. The SMILES string of the molecule is CCC1(O)CN(c2c(F)c(F)c(F)c(F)c2F)C1. The van der Waals surface area contributed by atoms with Crippen molar-refractivity contribution in [2.45, 2.75) is 18.9 Å². The predicted molar refractivity (Wildman–Crippen MR) is 53.7 cm³/mol. The van der Waals surface area contributed by atoms with Crippen LogP contribution in [0.1, 0.15) is 13.3 Å². The van der Waals surface area contributed by atoms with Crippen LogP contribution >= 0.6 is 0 Å². The molecular weight excluding hydrogens is 257 g/mol. The summed E-state index contributed by atoms with van der Waals surface area (Å²) in [7, 11) is 0. The third-order valence-electron chi connectivity index (χ3n) is 3.13. The molecule has 2 rings (SSSR count). The molecule has 1 fully saturated rings. The van der Waals surface area contributed by atoms with Gasteiger partial charge in [-0.15, -0.1) is 0 Å². The number of halogens is 5. The molecule has 1 saturated heterocycles. The zero-order valence-corrected chi connectivity index (χ0v) is 9.41. The van der Waals surface area contributed by atoms with Gasteiger partial charge in [0.1, 0.15) is 5.69 Å².